The van der Waals surface area contributed by atoms with Gasteiger partial charge in [-0.2, -0.15) is 0 Å². The monoisotopic (exact) mass is 282 g/mol. The smallest absolute Gasteiger partial charge is 0.309 e. The maximum absolute atomic E-state index is 12.1. The molecule has 0 aromatic rings. The minimum Gasteiger partial charge on any atom is -0.481 e. The Bertz CT molecular complexity index is 420. The van der Waals surface area contributed by atoms with Crippen molar-refractivity contribution in [3.63, 3.8) is 0 Å². The van der Waals surface area contributed by atoms with Crippen LogP contribution in [0, 0.1) is 29.6 Å². The van der Waals surface area contributed by atoms with E-state index >= 15 is 0 Å². The van der Waals surface area contributed by atoms with Crippen LogP contribution in [0.15, 0.2) is 11.1 Å². The number of carbonyl (C=O) groups is 2. The number of methoxy groups -OCH3 is 1. The van der Waals surface area contributed by atoms with Crippen molar-refractivity contribution in [1.82, 2.24) is 0 Å². The fourth-order valence-electron chi connectivity index (χ4n) is 3.33. The fourth-order valence-corrected chi connectivity index (χ4v) is 3.33. The van der Waals surface area contributed by atoms with Crippen LogP contribution >= 0.6 is 0 Å². The van der Waals surface area contributed by atoms with Crippen molar-refractivity contribution in [1.29, 1.82) is 0 Å². The molecule has 1 N–H and O–H groups in total. The molecule has 1 saturated carbocycles. The van der Waals surface area contributed by atoms with Crippen molar-refractivity contribution >= 4 is 11.9 Å². The highest BCUT2D eigenvalue weighted by Gasteiger charge is 2.49. The number of allylic oxidation sites excluding steroid dienone is 2. The van der Waals surface area contributed by atoms with Crippen LogP contribution in [0.3, 0.4) is 0 Å². The first-order chi connectivity index (χ1) is 9.22. The molecule has 0 aliphatic heterocycles. The Hall–Kier alpha value is -1.32. The van der Waals surface area contributed by atoms with Crippen LogP contribution in [0.4, 0.5) is 0 Å². The second kappa shape index (κ2) is 6.42. The van der Waals surface area contributed by atoms with Gasteiger partial charge < -0.3 is 9.84 Å². The number of esters is 1. The molecule has 0 aromatic carbocycles. The van der Waals surface area contributed by atoms with Crippen LogP contribution in [-0.2, 0) is 14.3 Å². The molecule has 4 nitrogen and oxygen atoms in total. The molecule has 1 fully saturated rings. The van der Waals surface area contributed by atoms with Gasteiger partial charge in [0.1, 0.15) is 0 Å². The number of aliphatic carboxylic acids is 1. The lowest BCUT2D eigenvalue weighted by atomic mass is 9.61. The number of carbonyl (C=O) groups excluding carboxylic acids is 1. The topological polar surface area (TPSA) is 63.6 Å². The van der Waals surface area contributed by atoms with Gasteiger partial charge in [0.15, 0.2) is 0 Å². The molecule has 4 heteroatoms. The van der Waals surface area contributed by atoms with Gasteiger partial charge in [0.25, 0.3) is 0 Å². The highest BCUT2D eigenvalue weighted by atomic mass is 16.5. The molecule has 0 amide bonds. The molecular weight excluding hydrogens is 256 g/mol. The average Bonchev–Trinajstić information content (AvgIpc) is 2.38. The molecule has 0 heterocycles. The minimum atomic E-state index is -0.898. The van der Waals surface area contributed by atoms with Gasteiger partial charge in [0.05, 0.1) is 18.9 Å². The molecule has 20 heavy (non-hydrogen) atoms. The molecule has 1 rings (SSSR count). The normalized spacial score (nSPS) is 33.4. The second-order valence-corrected chi connectivity index (χ2v) is 6.27. The molecule has 5 unspecified atom stereocenters. The Morgan fingerprint density at radius 2 is 1.65 bits per heavy atom. The van der Waals surface area contributed by atoms with E-state index in [0.29, 0.717) is 5.92 Å². The van der Waals surface area contributed by atoms with Crippen molar-refractivity contribution in [2.75, 3.05) is 7.11 Å². The molecule has 114 valence electrons. The number of rotatable bonds is 3. The highest BCUT2D eigenvalue weighted by Crippen LogP contribution is 2.46. The predicted octanol–water partition coefficient (Wildman–Crippen LogP) is 3.12. The highest BCUT2D eigenvalue weighted by molar-refractivity contribution is 5.82. The number of hydrogen-bond donors (Lipinski definition) is 1. The second-order valence-electron chi connectivity index (χ2n) is 6.27. The van der Waals surface area contributed by atoms with E-state index in [2.05, 4.69) is 6.92 Å². The summed E-state index contributed by atoms with van der Waals surface area (Å²) in [5.41, 5.74) is 2.22. The van der Waals surface area contributed by atoms with E-state index in [1.165, 1.54) is 7.11 Å². The quantitative estimate of drug-likeness (QED) is 0.638. The largest absolute Gasteiger partial charge is 0.481 e. The Kier molecular flexibility index (Phi) is 5.37. The zero-order valence-corrected chi connectivity index (χ0v) is 13.3. The first-order valence-electron chi connectivity index (χ1n) is 7.16. The first kappa shape index (κ1) is 16.7. The molecule has 1 aliphatic carbocycles. The number of ether oxygens (including phenoxy) is 1. The Labute approximate surface area is 121 Å². The van der Waals surface area contributed by atoms with E-state index in [0.717, 1.165) is 17.6 Å². The molecule has 5 atom stereocenters. The van der Waals surface area contributed by atoms with Gasteiger partial charge in [-0.05, 0) is 44.9 Å². The van der Waals surface area contributed by atoms with E-state index in [1.807, 2.05) is 27.7 Å². The van der Waals surface area contributed by atoms with E-state index < -0.39 is 23.8 Å². The molecule has 0 saturated heterocycles. The molecule has 0 aromatic heterocycles. The molecule has 0 radical (unpaired) electrons. The first-order valence-corrected chi connectivity index (χ1v) is 7.16. The number of hydrogen-bond acceptors (Lipinski definition) is 3. The van der Waals surface area contributed by atoms with Crippen LogP contribution in [0.25, 0.3) is 0 Å². The van der Waals surface area contributed by atoms with Crippen molar-refractivity contribution in [3.05, 3.63) is 11.1 Å². The van der Waals surface area contributed by atoms with Crippen molar-refractivity contribution in [3.8, 4) is 0 Å². The number of carboxylic acids is 1. The summed E-state index contributed by atoms with van der Waals surface area (Å²) in [5.74, 6) is -2.33. The summed E-state index contributed by atoms with van der Waals surface area (Å²) in [6.45, 7) is 10.0. The van der Waals surface area contributed by atoms with Crippen LogP contribution < -0.4 is 0 Å². The van der Waals surface area contributed by atoms with Crippen molar-refractivity contribution in [2.45, 2.75) is 41.0 Å². The Balaban J connectivity index is 3.29. The third-order valence-corrected chi connectivity index (χ3v) is 5.01. The lowest BCUT2D eigenvalue weighted by Gasteiger charge is -2.42. The van der Waals surface area contributed by atoms with Gasteiger partial charge in [-0.25, -0.2) is 0 Å². The van der Waals surface area contributed by atoms with Gasteiger partial charge >= 0.3 is 11.9 Å². The van der Waals surface area contributed by atoms with Crippen LogP contribution in [0.2, 0.25) is 0 Å². The van der Waals surface area contributed by atoms with Crippen LogP contribution in [0.1, 0.15) is 41.0 Å². The van der Waals surface area contributed by atoms with Crippen molar-refractivity contribution in [2.24, 2.45) is 29.6 Å². The summed E-state index contributed by atoms with van der Waals surface area (Å²) in [6, 6.07) is 0. The Morgan fingerprint density at radius 1 is 1.10 bits per heavy atom. The third-order valence-electron chi connectivity index (χ3n) is 5.01. The molecular formula is C16H26O4. The summed E-state index contributed by atoms with van der Waals surface area (Å²) in [6.07, 6.45) is 0.808. The maximum Gasteiger partial charge on any atom is 0.309 e. The zero-order chi connectivity index (χ0) is 15.6. The molecule has 0 bridgehead atoms. The van der Waals surface area contributed by atoms with Crippen molar-refractivity contribution < 1.29 is 19.4 Å². The lowest BCUT2D eigenvalue weighted by molar-refractivity contribution is -0.164. The SMILES string of the molecule is COC(=O)C1C(C)C(C)CC(C(C)=C(C)C)C1C(=O)O. The van der Waals surface area contributed by atoms with E-state index in [1.54, 1.807) is 0 Å². The van der Waals surface area contributed by atoms with E-state index in [4.69, 9.17) is 4.74 Å². The zero-order valence-electron chi connectivity index (χ0n) is 13.3. The minimum absolute atomic E-state index is 0.0183. The summed E-state index contributed by atoms with van der Waals surface area (Å²) >= 11 is 0. The number of carboxylic acid groups (broad SMARTS) is 1. The lowest BCUT2D eigenvalue weighted by Crippen LogP contribution is -2.46. The van der Waals surface area contributed by atoms with E-state index in [9.17, 15) is 14.7 Å². The van der Waals surface area contributed by atoms with Crippen LogP contribution in [0.5, 0.6) is 0 Å². The van der Waals surface area contributed by atoms with Gasteiger partial charge in [-0.15, -0.1) is 0 Å². The summed E-state index contributed by atoms with van der Waals surface area (Å²) in [7, 11) is 1.33. The fraction of sp³-hybridized carbons (Fsp3) is 0.750. The van der Waals surface area contributed by atoms with Crippen LogP contribution in [-0.4, -0.2) is 24.2 Å². The summed E-state index contributed by atoms with van der Waals surface area (Å²) in [5, 5.41) is 9.63. The third kappa shape index (κ3) is 3.05. The summed E-state index contributed by atoms with van der Waals surface area (Å²) < 4.78 is 4.86. The van der Waals surface area contributed by atoms with Gasteiger partial charge in [0, 0.05) is 0 Å². The van der Waals surface area contributed by atoms with Gasteiger partial charge in [-0.1, -0.05) is 25.0 Å². The maximum atomic E-state index is 12.1. The average molecular weight is 282 g/mol. The molecule has 0 spiro atoms. The van der Waals surface area contributed by atoms with E-state index in [-0.39, 0.29) is 11.8 Å². The standard InChI is InChI=1S/C16H26O4/c1-8(2)10(4)12-7-9(3)11(5)13(16(19)20-6)14(12)15(17)18/h9,11-14H,7H2,1-6H3,(H,17,18). The Morgan fingerprint density at radius 3 is 2.05 bits per heavy atom. The summed E-state index contributed by atoms with van der Waals surface area (Å²) in [4.78, 5) is 23.8. The molecule has 1 aliphatic rings. The predicted molar refractivity (Wildman–Crippen MR) is 77.1 cm³/mol. The van der Waals surface area contributed by atoms with Gasteiger partial charge in [-0.3, -0.25) is 9.59 Å². The van der Waals surface area contributed by atoms with Gasteiger partial charge in [0.2, 0.25) is 0 Å².